The molecular weight excluding hydrogens is 306 g/mol. The van der Waals surface area contributed by atoms with Crippen LogP contribution in [0.15, 0.2) is 4.47 Å². The molecule has 1 aromatic rings. The van der Waals surface area contributed by atoms with Crippen LogP contribution in [0.2, 0.25) is 0 Å². The van der Waals surface area contributed by atoms with Gasteiger partial charge in [0.15, 0.2) is 0 Å². The third-order valence-electron chi connectivity index (χ3n) is 3.28. The highest BCUT2D eigenvalue weighted by molar-refractivity contribution is 9.10. The zero-order chi connectivity index (χ0) is 14.3. The molecule has 1 rings (SSSR count). The molecule has 0 amide bonds. The molecule has 0 atom stereocenters. The van der Waals surface area contributed by atoms with Crippen molar-refractivity contribution >= 4 is 21.7 Å². The first kappa shape index (κ1) is 16.4. The summed E-state index contributed by atoms with van der Waals surface area (Å²) >= 11 is 3.54. The Balaban J connectivity index is 2.42. The molecule has 0 saturated carbocycles. The maximum Gasteiger partial charge on any atom is 0.138 e. The van der Waals surface area contributed by atoms with Gasteiger partial charge in [-0.15, -0.1) is 0 Å². The normalized spacial score (nSPS) is 10.9. The van der Waals surface area contributed by atoms with Crippen molar-refractivity contribution in [1.82, 2.24) is 9.78 Å². The molecule has 0 aliphatic rings. The molecule has 4 nitrogen and oxygen atoms in total. The third-order valence-corrected chi connectivity index (χ3v) is 4.19. The van der Waals surface area contributed by atoms with E-state index in [2.05, 4.69) is 28.0 Å². The third kappa shape index (κ3) is 5.07. The van der Waals surface area contributed by atoms with Crippen LogP contribution in [0.3, 0.4) is 0 Å². The van der Waals surface area contributed by atoms with E-state index in [9.17, 15) is 4.79 Å². The number of carbonyl (C=O) groups is 1. The van der Waals surface area contributed by atoms with Gasteiger partial charge in [-0.1, -0.05) is 19.8 Å². The Morgan fingerprint density at radius 3 is 2.58 bits per heavy atom. The number of halogens is 1. The van der Waals surface area contributed by atoms with Gasteiger partial charge in [0.05, 0.1) is 15.9 Å². The molecule has 1 heterocycles. The number of aromatic nitrogens is 2. The minimum atomic E-state index is 0.291. The smallest absolute Gasteiger partial charge is 0.138 e. The lowest BCUT2D eigenvalue weighted by Crippen LogP contribution is -2.08. The van der Waals surface area contributed by atoms with Crippen LogP contribution >= 0.6 is 15.9 Å². The number of Topliss-reactive ketones (excluding diaryl/α,β-unsaturated/α-hetero) is 1. The van der Waals surface area contributed by atoms with Crippen LogP contribution in [0.25, 0.3) is 0 Å². The summed E-state index contributed by atoms with van der Waals surface area (Å²) in [6.07, 6.45) is 6.25. The molecule has 0 spiro atoms. The van der Waals surface area contributed by atoms with Gasteiger partial charge >= 0.3 is 0 Å². The van der Waals surface area contributed by atoms with Crippen LogP contribution in [0.5, 0.6) is 0 Å². The minimum Gasteiger partial charge on any atom is -0.330 e. The Morgan fingerprint density at radius 1 is 1.32 bits per heavy atom. The number of rotatable bonds is 9. The Bertz CT molecular complexity index is 415. The number of nitrogens with zero attached hydrogens (tertiary/aromatic N) is 2. The topological polar surface area (TPSA) is 60.9 Å². The molecule has 0 aromatic carbocycles. The summed E-state index contributed by atoms with van der Waals surface area (Å²) in [6.45, 7) is 2.81. The second kappa shape index (κ2) is 8.48. The van der Waals surface area contributed by atoms with E-state index < -0.39 is 0 Å². The molecule has 5 heteroatoms. The molecule has 2 N–H and O–H groups in total. The van der Waals surface area contributed by atoms with Crippen LogP contribution in [-0.4, -0.2) is 22.1 Å². The first-order chi connectivity index (χ1) is 9.10. The summed E-state index contributed by atoms with van der Waals surface area (Å²) in [5, 5.41) is 4.41. The lowest BCUT2D eigenvalue weighted by Gasteiger charge is -2.03. The zero-order valence-electron chi connectivity index (χ0n) is 11.9. The molecule has 19 heavy (non-hydrogen) atoms. The first-order valence-corrected chi connectivity index (χ1v) is 7.81. The standard InChI is InChI=1S/C14H24BrN3O/c1-3-12-14(15)13(18(2)17-12)10-11(19)8-6-4-5-7-9-16/h3-10,16H2,1-2H3. The summed E-state index contributed by atoms with van der Waals surface area (Å²) in [6, 6.07) is 0. The predicted octanol–water partition coefficient (Wildman–Crippen LogP) is 2.77. The van der Waals surface area contributed by atoms with Crippen LogP contribution in [-0.2, 0) is 24.7 Å². The van der Waals surface area contributed by atoms with Crippen LogP contribution < -0.4 is 5.73 Å². The van der Waals surface area contributed by atoms with E-state index in [-0.39, 0.29) is 0 Å². The minimum absolute atomic E-state index is 0.291. The molecule has 1 aromatic heterocycles. The summed E-state index contributed by atoms with van der Waals surface area (Å²) in [7, 11) is 1.90. The first-order valence-electron chi connectivity index (χ1n) is 7.02. The monoisotopic (exact) mass is 329 g/mol. The van der Waals surface area contributed by atoms with Gasteiger partial charge in [-0.2, -0.15) is 5.10 Å². The van der Waals surface area contributed by atoms with Crippen molar-refractivity contribution in [3.05, 3.63) is 15.9 Å². The molecule has 0 unspecified atom stereocenters. The van der Waals surface area contributed by atoms with Crippen molar-refractivity contribution in [2.45, 2.75) is 51.9 Å². The van der Waals surface area contributed by atoms with Gasteiger partial charge in [-0.25, -0.2) is 0 Å². The second-order valence-corrected chi connectivity index (χ2v) is 5.65. The van der Waals surface area contributed by atoms with Crippen molar-refractivity contribution in [1.29, 1.82) is 0 Å². The van der Waals surface area contributed by atoms with E-state index in [0.29, 0.717) is 18.6 Å². The number of aryl methyl sites for hydroxylation is 2. The van der Waals surface area contributed by atoms with Gasteiger partial charge in [0.1, 0.15) is 5.78 Å². The fraction of sp³-hybridized carbons (Fsp3) is 0.714. The van der Waals surface area contributed by atoms with Crippen molar-refractivity contribution in [3.8, 4) is 0 Å². The van der Waals surface area contributed by atoms with E-state index in [4.69, 9.17) is 5.73 Å². The van der Waals surface area contributed by atoms with Crippen molar-refractivity contribution in [2.75, 3.05) is 6.54 Å². The van der Waals surface area contributed by atoms with Gasteiger partial charge in [0.2, 0.25) is 0 Å². The van der Waals surface area contributed by atoms with Gasteiger partial charge in [0.25, 0.3) is 0 Å². The lowest BCUT2D eigenvalue weighted by molar-refractivity contribution is -0.118. The van der Waals surface area contributed by atoms with Crippen molar-refractivity contribution < 1.29 is 4.79 Å². The Labute approximate surface area is 123 Å². The lowest BCUT2D eigenvalue weighted by atomic mass is 10.1. The summed E-state index contributed by atoms with van der Waals surface area (Å²) in [5.41, 5.74) is 7.45. The van der Waals surface area contributed by atoms with Crippen molar-refractivity contribution in [3.63, 3.8) is 0 Å². The quantitative estimate of drug-likeness (QED) is 0.708. The fourth-order valence-electron chi connectivity index (χ4n) is 2.11. The zero-order valence-corrected chi connectivity index (χ0v) is 13.5. The molecule has 0 fully saturated rings. The van der Waals surface area contributed by atoms with E-state index in [1.165, 1.54) is 0 Å². The van der Waals surface area contributed by atoms with Gasteiger partial charge in [-0.05, 0) is 41.7 Å². The van der Waals surface area contributed by atoms with Crippen LogP contribution in [0.4, 0.5) is 0 Å². The Hall–Kier alpha value is -0.680. The Kier molecular flexibility index (Phi) is 7.31. The van der Waals surface area contributed by atoms with Gasteiger partial charge in [-0.3, -0.25) is 9.48 Å². The molecule has 0 aliphatic carbocycles. The second-order valence-electron chi connectivity index (χ2n) is 4.85. The van der Waals surface area contributed by atoms with Gasteiger partial charge < -0.3 is 5.73 Å². The summed E-state index contributed by atoms with van der Waals surface area (Å²) in [4.78, 5) is 12.0. The molecule has 0 bridgehead atoms. The number of unbranched alkanes of at least 4 members (excludes halogenated alkanes) is 3. The maximum absolute atomic E-state index is 12.0. The van der Waals surface area contributed by atoms with Crippen molar-refractivity contribution in [2.24, 2.45) is 12.8 Å². The van der Waals surface area contributed by atoms with E-state index in [1.54, 1.807) is 0 Å². The van der Waals surface area contributed by atoms with Gasteiger partial charge in [0, 0.05) is 19.9 Å². The highest BCUT2D eigenvalue weighted by Gasteiger charge is 2.15. The maximum atomic E-state index is 12.0. The van der Waals surface area contributed by atoms with Crippen LogP contribution in [0.1, 0.15) is 50.4 Å². The average molecular weight is 330 g/mol. The van der Waals surface area contributed by atoms with Crippen LogP contribution in [0, 0.1) is 0 Å². The van der Waals surface area contributed by atoms with E-state index >= 15 is 0 Å². The number of ketones is 1. The summed E-state index contributed by atoms with van der Waals surface area (Å²) in [5.74, 6) is 0.291. The number of carbonyl (C=O) groups excluding carboxylic acids is 1. The fourth-order valence-corrected chi connectivity index (χ4v) is 2.86. The SMILES string of the molecule is CCc1nn(C)c(CC(=O)CCCCCCN)c1Br. The molecular formula is C14H24BrN3O. The number of hydrogen-bond donors (Lipinski definition) is 1. The molecule has 0 saturated heterocycles. The highest BCUT2D eigenvalue weighted by atomic mass is 79.9. The largest absolute Gasteiger partial charge is 0.330 e. The average Bonchev–Trinajstić information content (AvgIpc) is 2.66. The molecule has 0 aliphatic heterocycles. The number of hydrogen-bond acceptors (Lipinski definition) is 3. The summed E-state index contributed by atoms with van der Waals surface area (Å²) < 4.78 is 2.81. The Morgan fingerprint density at radius 2 is 2.00 bits per heavy atom. The predicted molar refractivity (Wildman–Crippen MR) is 81.1 cm³/mol. The highest BCUT2D eigenvalue weighted by Crippen LogP contribution is 2.22. The van der Waals surface area contributed by atoms with E-state index in [0.717, 1.165) is 54.5 Å². The number of nitrogens with two attached hydrogens (primary N) is 1. The van der Waals surface area contributed by atoms with E-state index in [1.807, 2.05) is 11.7 Å². The molecule has 108 valence electrons. The molecule has 0 radical (unpaired) electrons.